The van der Waals surface area contributed by atoms with E-state index in [9.17, 15) is 9.59 Å². The number of hydrogen-bond acceptors (Lipinski definition) is 3. The summed E-state index contributed by atoms with van der Waals surface area (Å²) in [5.74, 6) is -1.03. The Labute approximate surface area is 103 Å². The lowest BCUT2D eigenvalue weighted by Crippen LogP contribution is -2.47. The number of amides is 2. The molecule has 0 radical (unpaired) electrons. The number of nitrogens with zero attached hydrogens (tertiary/aromatic N) is 2. The third kappa shape index (κ3) is 6.78. The predicted octanol–water partition coefficient (Wildman–Crippen LogP) is 0.443. The van der Waals surface area contributed by atoms with E-state index >= 15 is 0 Å². The van der Waals surface area contributed by atoms with E-state index < -0.39 is 12.0 Å². The van der Waals surface area contributed by atoms with Crippen LogP contribution in [-0.4, -0.2) is 66.7 Å². The fraction of sp³-hybridized carbons (Fsp3) is 0.818. The maximum atomic E-state index is 11.7. The van der Waals surface area contributed by atoms with E-state index in [1.165, 1.54) is 6.92 Å². The van der Waals surface area contributed by atoms with Crippen molar-refractivity contribution in [3.05, 3.63) is 0 Å². The van der Waals surface area contributed by atoms with Crippen molar-refractivity contribution in [3.8, 4) is 0 Å². The predicted molar refractivity (Wildman–Crippen MR) is 66.0 cm³/mol. The van der Waals surface area contributed by atoms with Crippen molar-refractivity contribution in [2.45, 2.75) is 26.3 Å². The monoisotopic (exact) mass is 245 g/mol. The van der Waals surface area contributed by atoms with Crippen LogP contribution in [0.2, 0.25) is 0 Å². The highest BCUT2D eigenvalue weighted by Gasteiger charge is 2.17. The van der Waals surface area contributed by atoms with Gasteiger partial charge in [0.05, 0.1) is 0 Å². The molecule has 0 saturated carbocycles. The summed E-state index contributed by atoms with van der Waals surface area (Å²) in [4.78, 5) is 26.0. The molecule has 0 rings (SSSR count). The van der Waals surface area contributed by atoms with E-state index in [-0.39, 0.29) is 6.03 Å². The summed E-state index contributed by atoms with van der Waals surface area (Å²) >= 11 is 0. The molecule has 0 saturated heterocycles. The average Bonchev–Trinajstić information content (AvgIpc) is 2.23. The van der Waals surface area contributed by atoms with Gasteiger partial charge in [0, 0.05) is 13.1 Å². The van der Waals surface area contributed by atoms with Crippen LogP contribution in [0.4, 0.5) is 4.79 Å². The Morgan fingerprint density at radius 1 is 1.29 bits per heavy atom. The molecule has 17 heavy (non-hydrogen) atoms. The Kier molecular flexibility index (Phi) is 7.29. The quantitative estimate of drug-likeness (QED) is 0.683. The van der Waals surface area contributed by atoms with Crippen molar-refractivity contribution in [3.63, 3.8) is 0 Å². The molecule has 6 nitrogen and oxygen atoms in total. The summed E-state index contributed by atoms with van der Waals surface area (Å²) in [6, 6.07) is -1.17. The largest absolute Gasteiger partial charge is 0.480 e. The summed E-state index contributed by atoms with van der Waals surface area (Å²) in [6.07, 6.45) is 0.871. The highest BCUT2D eigenvalue weighted by Crippen LogP contribution is 1.95. The smallest absolute Gasteiger partial charge is 0.325 e. The number of carboxylic acids is 1. The third-order valence-electron chi connectivity index (χ3n) is 2.41. The van der Waals surface area contributed by atoms with E-state index in [2.05, 4.69) is 5.32 Å². The van der Waals surface area contributed by atoms with E-state index in [4.69, 9.17) is 5.11 Å². The molecule has 1 unspecified atom stereocenters. The Balaban J connectivity index is 4.08. The van der Waals surface area contributed by atoms with Crippen LogP contribution in [0.1, 0.15) is 20.3 Å². The standard InChI is InChI=1S/C11H23N3O3/c1-5-14(8-6-7-13(3)4)11(17)12-9(2)10(15)16/h9H,5-8H2,1-4H3,(H,12,17)(H,15,16). The van der Waals surface area contributed by atoms with Gasteiger partial charge in [-0.05, 0) is 40.9 Å². The second-order valence-electron chi connectivity index (χ2n) is 4.25. The minimum absolute atomic E-state index is 0.318. The molecule has 1 atom stereocenters. The molecule has 6 heteroatoms. The third-order valence-corrected chi connectivity index (χ3v) is 2.41. The van der Waals surface area contributed by atoms with E-state index in [1.807, 2.05) is 25.9 Å². The normalized spacial score (nSPS) is 12.3. The maximum absolute atomic E-state index is 11.7. The van der Waals surface area contributed by atoms with Gasteiger partial charge in [-0.1, -0.05) is 0 Å². The molecule has 0 bridgehead atoms. The SMILES string of the molecule is CCN(CCCN(C)C)C(=O)NC(C)C(=O)O. The number of urea groups is 1. The van der Waals surface area contributed by atoms with Gasteiger partial charge in [0.25, 0.3) is 0 Å². The summed E-state index contributed by atoms with van der Waals surface area (Å²) in [5.41, 5.74) is 0. The van der Waals surface area contributed by atoms with Gasteiger partial charge in [0.2, 0.25) is 0 Å². The van der Waals surface area contributed by atoms with Crippen LogP contribution < -0.4 is 5.32 Å². The number of aliphatic carboxylic acids is 1. The van der Waals surface area contributed by atoms with Crippen LogP contribution in [0.5, 0.6) is 0 Å². The highest BCUT2D eigenvalue weighted by atomic mass is 16.4. The Bertz CT molecular complexity index is 256. The molecule has 0 aliphatic rings. The first-order valence-electron chi connectivity index (χ1n) is 5.81. The van der Waals surface area contributed by atoms with Gasteiger partial charge in [-0.25, -0.2) is 4.79 Å². The van der Waals surface area contributed by atoms with Crippen LogP contribution in [-0.2, 0) is 4.79 Å². The molecule has 0 fully saturated rings. The molecular formula is C11H23N3O3. The van der Waals surface area contributed by atoms with Crippen LogP contribution in [0, 0.1) is 0 Å². The number of rotatable bonds is 7. The van der Waals surface area contributed by atoms with Crippen molar-refractivity contribution in [1.82, 2.24) is 15.1 Å². The van der Waals surface area contributed by atoms with Crippen molar-refractivity contribution in [2.75, 3.05) is 33.7 Å². The van der Waals surface area contributed by atoms with Gasteiger partial charge in [-0.2, -0.15) is 0 Å². The van der Waals surface area contributed by atoms with Crippen LogP contribution >= 0.6 is 0 Å². The number of carboxylic acid groups (broad SMARTS) is 1. The molecule has 100 valence electrons. The van der Waals surface area contributed by atoms with Crippen LogP contribution in [0.25, 0.3) is 0 Å². The molecule has 0 aliphatic carbocycles. The lowest BCUT2D eigenvalue weighted by molar-refractivity contribution is -0.138. The van der Waals surface area contributed by atoms with Gasteiger partial charge in [0.15, 0.2) is 0 Å². The second-order valence-corrected chi connectivity index (χ2v) is 4.25. The number of carbonyl (C=O) groups is 2. The maximum Gasteiger partial charge on any atom is 0.325 e. The summed E-state index contributed by atoms with van der Waals surface area (Å²) in [7, 11) is 3.95. The molecule has 0 aliphatic heterocycles. The number of nitrogens with one attached hydrogen (secondary N) is 1. The Morgan fingerprint density at radius 2 is 1.88 bits per heavy atom. The topological polar surface area (TPSA) is 72.9 Å². The van der Waals surface area contributed by atoms with Crippen LogP contribution in [0.3, 0.4) is 0 Å². The molecule has 2 N–H and O–H groups in total. The van der Waals surface area contributed by atoms with E-state index in [0.717, 1.165) is 13.0 Å². The van der Waals surface area contributed by atoms with Crippen molar-refractivity contribution in [1.29, 1.82) is 0 Å². The zero-order valence-corrected chi connectivity index (χ0v) is 11.1. The molecule has 2 amide bonds. The Hall–Kier alpha value is -1.30. The summed E-state index contributed by atoms with van der Waals surface area (Å²) in [5, 5.41) is 11.1. The minimum atomic E-state index is -1.03. The zero-order valence-electron chi connectivity index (χ0n) is 11.1. The molecule has 0 aromatic carbocycles. The van der Waals surface area contributed by atoms with Gasteiger partial charge in [-0.15, -0.1) is 0 Å². The lowest BCUT2D eigenvalue weighted by Gasteiger charge is -2.23. The fourth-order valence-electron chi connectivity index (χ4n) is 1.32. The van der Waals surface area contributed by atoms with Crippen molar-refractivity contribution in [2.24, 2.45) is 0 Å². The Morgan fingerprint density at radius 3 is 2.29 bits per heavy atom. The molecule has 0 heterocycles. The molecule has 0 aromatic heterocycles. The van der Waals surface area contributed by atoms with Gasteiger partial charge in [-0.3, -0.25) is 4.79 Å². The number of hydrogen-bond donors (Lipinski definition) is 2. The van der Waals surface area contributed by atoms with Gasteiger partial charge in [0.1, 0.15) is 6.04 Å². The van der Waals surface area contributed by atoms with E-state index in [1.54, 1.807) is 4.90 Å². The van der Waals surface area contributed by atoms with Crippen LogP contribution in [0.15, 0.2) is 0 Å². The lowest BCUT2D eigenvalue weighted by atomic mass is 10.3. The molecular weight excluding hydrogens is 222 g/mol. The zero-order chi connectivity index (χ0) is 13.4. The first kappa shape index (κ1) is 15.7. The molecule has 0 aromatic rings. The van der Waals surface area contributed by atoms with E-state index in [0.29, 0.717) is 13.1 Å². The van der Waals surface area contributed by atoms with Crippen molar-refractivity contribution < 1.29 is 14.7 Å². The summed E-state index contributed by atoms with van der Waals surface area (Å²) in [6.45, 7) is 5.44. The summed E-state index contributed by atoms with van der Waals surface area (Å²) < 4.78 is 0. The van der Waals surface area contributed by atoms with Gasteiger partial charge < -0.3 is 20.2 Å². The average molecular weight is 245 g/mol. The van der Waals surface area contributed by atoms with Gasteiger partial charge >= 0.3 is 12.0 Å². The van der Waals surface area contributed by atoms with Crippen molar-refractivity contribution >= 4 is 12.0 Å². The highest BCUT2D eigenvalue weighted by molar-refractivity contribution is 5.82. The minimum Gasteiger partial charge on any atom is -0.480 e. The first-order valence-corrected chi connectivity index (χ1v) is 5.81. The fourth-order valence-corrected chi connectivity index (χ4v) is 1.32. The molecule has 0 spiro atoms. The first-order chi connectivity index (χ1) is 7.88. The number of carbonyl (C=O) groups excluding carboxylic acids is 1. The second kappa shape index (κ2) is 7.89.